The molecule has 1 amide bonds. The van der Waals surface area contributed by atoms with Gasteiger partial charge >= 0.3 is 0 Å². The average molecular weight is 125 g/mol. The second kappa shape index (κ2) is 2.51. The number of rotatable bonds is 2. The Morgan fingerprint density at radius 1 is 2.00 bits per heavy atom. The zero-order valence-electron chi connectivity index (χ0n) is 4.89. The van der Waals surface area contributed by atoms with Gasteiger partial charge in [-0.15, -0.1) is 6.42 Å². The number of ether oxygens (including phenoxy) is 1. The fourth-order valence-corrected chi connectivity index (χ4v) is 0.576. The van der Waals surface area contributed by atoms with E-state index in [0.717, 1.165) is 0 Å². The van der Waals surface area contributed by atoms with Crippen LogP contribution in [0.2, 0.25) is 0 Å². The van der Waals surface area contributed by atoms with Gasteiger partial charge in [-0.3, -0.25) is 4.79 Å². The summed E-state index contributed by atoms with van der Waals surface area (Å²) in [5.74, 6) is 2.33. The second-order valence-corrected chi connectivity index (χ2v) is 1.78. The number of carbonyl (C=O) groups is 1. The molecule has 9 heavy (non-hydrogen) atoms. The summed E-state index contributed by atoms with van der Waals surface area (Å²) in [6.07, 6.45) is 5.22. The van der Waals surface area contributed by atoms with Crippen LogP contribution in [0.5, 0.6) is 0 Å². The Bertz CT molecular complexity index is 151. The van der Waals surface area contributed by atoms with Crippen molar-refractivity contribution < 1.29 is 9.53 Å². The van der Waals surface area contributed by atoms with E-state index in [1.807, 2.05) is 0 Å². The summed E-state index contributed by atoms with van der Waals surface area (Å²) < 4.78 is 4.93. The van der Waals surface area contributed by atoms with E-state index in [2.05, 4.69) is 11.2 Å². The van der Waals surface area contributed by atoms with E-state index >= 15 is 0 Å². The lowest BCUT2D eigenvalue weighted by Crippen LogP contribution is -2.50. The topological polar surface area (TPSA) is 38.3 Å². The van der Waals surface area contributed by atoms with Crippen molar-refractivity contribution in [3.05, 3.63) is 0 Å². The highest BCUT2D eigenvalue weighted by Gasteiger charge is 2.24. The molecular weight excluding hydrogens is 118 g/mol. The van der Waals surface area contributed by atoms with Gasteiger partial charge in [0.05, 0.1) is 6.42 Å². The Morgan fingerprint density at radius 3 is 3.11 bits per heavy atom. The van der Waals surface area contributed by atoms with Gasteiger partial charge in [0.2, 0.25) is 5.91 Å². The molecule has 1 fully saturated rings. The summed E-state index contributed by atoms with van der Waals surface area (Å²) in [5, 5.41) is 2.52. The molecule has 1 saturated heterocycles. The maximum absolute atomic E-state index is 10.2. The van der Waals surface area contributed by atoms with E-state index in [1.165, 1.54) is 0 Å². The fourth-order valence-electron chi connectivity index (χ4n) is 0.576. The van der Waals surface area contributed by atoms with Crippen molar-refractivity contribution in [3.8, 4) is 12.3 Å². The molecule has 1 aliphatic heterocycles. The molecule has 0 spiro atoms. The van der Waals surface area contributed by atoms with E-state index in [0.29, 0.717) is 6.42 Å². The first-order valence-corrected chi connectivity index (χ1v) is 2.67. The van der Waals surface area contributed by atoms with Gasteiger partial charge in [0.15, 0.2) is 0 Å². The van der Waals surface area contributed by atoms with Crippen LogP contribution in [0, 0.1) is 12.3 Å². The van der Waals surface area contributed by atoms with E-state index < -0.39 is 0 Å². The molecule has 0 aromatic heterocycles. The van der Waals surface area contributed by atoms with Gasteiger partial charge < -0.3 is 10.1 Å². The number of amides is 1. The van der Waals surface area contributed by atoms with Crippen molar-refractivity contribution in [2.24, 2.45) is 0 Å². The van der Waals surface area contributed by atoms with Crippen molar-refractivity contribution in [1.82, 2.24) is 5.32 Å². The second-order valence-electron chi connectivity index (χ2n) is 1.78. The summed E-state index contributed by atoms with van der Waals surface area (Å²) in [7, 11) is 0. The number of hydrogen-bond donors (Lipinski definition) is 1. The molecule has 1 atom stereocenters. The van der Waals surface area contributed by atoms with Crippen LogP contribution in [-0.4, -0.2) is 18.7 Å². The predicted molar refractivity (Wildman–Crippen MR) is 31.3 cm³/mol. The van der Waals surface area contributed by atoms with Crippen molar-refractivity contribution in [1.29, 1.82) is 0 Å². The van der Waals surface area contributed by atoms with Crippen LogP contribution in [0.3, 0.4) is 0 Å². The monoisotopic (exact) mass is 125 g/mol. The Balaban J connectivity index is 2.05. The highest BCUT2D eigenvalue weighted by molar-refractivity contribution is 5.82. The minimum Gasteiger partial charge on any atom is -0.345 e. The van der Waals surface area contributed by atoms with Crippen LogP contribution >= 0.6 is 0 Å². The van der Waals surface area contributed by atoms with Crippen LogP contribution in [0.4, 0.5) is 0 Å². The van der Waals surface area contributed by atoms with Gasteiger partial charge in [-0.05, 0) is 0 Å². The van der Waals surface area contributed by atoms with Crippen molar-refractivity contribution in [2.75, 3.05) is 6.61 Å². The molecule has 1 rings (SSSR count). The Kier molecular flexibility index (Phi) is 1.71. The highest BCUT2D eigenvalue weighted by atomic mass is 16.5. The molecule has 0 bridgehead atoms. The molecule has 0 saturated carbocycles. The zero-order chi connectivity index (χ0) is 6.69. The van der Waals surface area contributed by atoms with Gasteiger partial charge in [-0.2, -0.15) is 0 Å². The molecule has 0 aromatic carbocycles. The van der Waals surface area contributed by atoms with Crippen molar-refractivity contribution in [3.63, 3.8) is 0 Å². The van der Waals surface area contributed by atoms with Crippen LogP contribution in [-0.2, 0) is 9.53 Å². The lowest BCUT2D eigenvalue weighted by Gasteiger charge is -2.25. The molecule has 48 valence electrons. The van der Waals surface area contributed by atoms with Crippen LogP contribution < -0.4 is 5.32 Å². The maximum atomic E-state index is 10.2. The van der Waals surface area contributed by atoms with E-state index in [4.69, 9.17) is 11.2 Å². The van der Waals surface area contributed by atoms with Crippen LogP contribution in [0.1, 0.15) is 6.42 Å². The summed E-state index contributed by atoms with van der Waals surface area (Å²) in [5.41, 5.74) is 0. The highest BCUT2D eigenvalue weighted by Crippen LogP contribution is 2.03. The van der Waals surface area contributed by atoms with Gasteiger partial charge in [0.1, 0.15) is 12.8 Å². The van der Waals surface area contributed by atoms with E-state index in [9.17, 15) is 4.79 Å². The quantitative estimate of drug-likeness (QED) is 0.398. The molecule has 3 nitrogen and oxygen atoms in total. The lowest BCUT2D eigenvalue weighted by molar-refractivity contribution is -0.139. The number of terminal acetylenes is 1. The van der Waals surface area contributed by atoms with E-state index in [1.54, 1.807) is 0 Å². The minimum atomic E-state index is -0.131. The SMILES string of the molecule is C#CCOC1CC(=O)N1. The van der Waals surface area contributed by atoms with Gasteiger partial charge in [-0.25, -0.2) is 0 Å². The lowest BCUT2D eigenvalue weighted by atomic mass is 10.2. The summed E-state index contributed by atoms with van der Waals surface area (Å²) >= 11 is 0. The Hall–Kier alpha value is -1.01. The number of hydrogen-bond acceptors (Lipinski definition) is 2. The molecule has 0 aromatic rings. The third-order valence-corrected chi connectivity index (χ3v) is 1.06. The van der Waals surface area contributed by atoms with Crippen LogP contribution in [0.25, 0.3) is 0 Å². The van der Waals surface area contributed by atoms with Gasteiger partial charge in [-0.1, -0.05) is 5.92 Å². The fraction of sp³-hybridized carbons (Fsp3) is 0.500. The molecule has 1 N–H and O–H groups in total. The maximum Gasteiger partial charge on any atom is 0.226 e. The average Bonchev–Trinajstić information content (AvgIpc) is 1.78. The van der Waals surface area contributed by atoms with Crippen molar-refractivity contribution in [2.45, 2.75) is 12.6 Å². The normalized spacial score (nSPS) is 23.9. The Labute approximate surface area is 53.4 Å². The third kappa shape index (κ3) is 1.44. The predicted octanol–water partition coefficient (Wildman–Crippen LogP) is -0.518. The molecule has 1 unspecified atom stereocenters. The molecule has 0 radical (unpaired) electrons. The number of β-lactam (4-membered cyclic amide) rings is 1. The van der Waals surface area contributed by atoms with Gasteiger partial charge in [0, 0.05) is 0 Å². The van der Waals surface area contributed by atoms with E-state index in [-0.39, 0.29) is 18.7 Å². The Morgan fingerprint density at radius 2 is 2.67 bits per heavy atom. The first-order valence-electron chi connectivity index (χ1n) is 2.67. The third-order valence-electron chi connectivity index (χ3n) is 1.06. The minimum absolute atomic E-state index is 0.0250. The molecule has 1 heterocycles. The standard InChI is InChI=1S/C6H7NO2/c1-2-3-9-6-4-5(8)7-6/h1,6H,3-4H2,(H,7,8). The number of carbonyl (C=O) groups excluding carboxylic acids is 1. The van der Waals surface area contributed by atoms with Crippen molar-refractivity contribution >= 4 is 5.91 Å². The molecule has 0 aliphatic carbocycles. The summed E-state index contributed by atoms with van der Waals surface area (Å²) in [6, 6.07) is 0. The summed E-state index contributed by atoms with van der Waals surface area (Å²) in [4.78, 5) is 10.2. The van der Waals surface area contributed by atoms with Gasteiger partial charge in [0.25, 0.3) is 0 Å². The first-order chi connectivity index (χ1) is 4.33. The molecular formula is C6H7NO2. The van der Waals surface area contributed by atoms with Crippen LogP contribution in [0.15, 0.2) is 0 Å². The summed E-state index contributed by atoms with van der Waals surface area (Å²) in [6.45, 7) is 0.269. The first kappa shape index (κ1) is 6.12. The largest absolute Gasteiger partial charge is 0.345 e. The zero-order valence-corrected chi connectivity index (χ0v) is 4.89. The molecule has 1 aliphatic rings. The smallest absolute Gasteiger partial charge is 0.226 e. The number of nitrogens with one attached hydrogen (secondary N) is 1. The molecule has 3 heteroatoms.